The summed E-state index contributed by atoms with van der Waals surface area (Å²) in [7, 11) is 0. The largest absolute Gasteiger partial charge is 0.508 e. The average Bonchev–Trinajstić information content (AvgIpc) is 2.72. The Labute approximate surface area is 108 Å². The first-order valence-corrected chi connectivity index (χ1v) is 6.13. The topological polar surface area (TPSA) is 69.5 Å². The van der Waals surface area contributed by atoms with Crippen LogP contribution in [-0.2, 0) is 6.42 Å². The van der Waals surface area contributed by atoms with Gasteiger partial charge in [-0.3, -0.25) is 9.17 Å². The molecule has 0 radical (unpaired) electrons. The lowest BCUT2D eigenvalue weighted by Crippen LogP contribution is -2.04. The summed E-state index contributed by atoms with van der Waals surface area (Å²) in [6, 6.07) is 6.95. The summed E-state index contributed by atoms with van der Waals surface area (Å²) in [5, 5.41) is 12.8. The van der Waals surface area contributed by atoms with Gasteiger partial charge in [0.1, 0.15) is 10.8 Å². The number of H-pyrrole nitrogens is 1. The molecule has 3 N–H and O–H groups in total. The minimum absolute atomic E-state index is 0.116. The maximum atomic E-state index is 11.2. The maximum Gasteiger partial charge on any atom is 0.284 e. The average molecular weight is 261 g/mol. The molecule has 18 heavy (non-hydrogen) atoms. The summed E-state index contributed by atoms with van der Waals surface area (Å²) in [6.45, 7) is 7.54. The molecule has 1 aromatic heterocycles. The van der Waals surface area contributed by atoms with Crippen LogP contribution in [-0.4, -0.2) is 16.0 Å². The molecule has 0 aliphatic heterocycles. The molecule has 0 unspecified atom stereocenters. The van der Waals surface area contributed by atoms with E-state index < -0.39 is 0 Å². The van der Waals surface area contributed by atoms with E-state index in [4.69, 9.17) is 11.7 Å². The van der Waals surface area contributed by atoms with E-state index in [9.17, 15) is 4.79 Å². The zero-order valence-corrected chi connectivity index (χ0v) is 10.3. The van der Waals surface area contributed by atoms with Crippen LogP contribution in [0.2, 0.25) is 0 Å². The molecule has 0 atom stereocenters. The first kappa shape index (κ1) is 12.2. The van der Waals surface area contributed by atoms with Crippen molar-refractivity contribution in [1.82, 2.24) is 4.37 Å². The van der Waals surface area contributed by atoms with E-state index >= 15 is 0 Å². The number of phenols is 1. The van der Waals surface area contributed by atoms with Gasteiger partial charge < -0.3 is 10.4 Å². The molecule has 0 aliphatic rings. The number of nitrogens with one attached hydrogen (secondary N) is 2. The van der Waals surface area contributed by atoms with E-state index in [1.165, 1.54) is 0 Å². The van der Waals surface area contributed by atoms with Crippen LogP contribution in [0.3, 0.4) is 0 Å². The van der Waals surface area contributed by atoms with Crippen LogP contribution in [0.25, 0.3) is 4.85 Å². The molecule has 1 aromatic carbocycles. The molecule has 0 saturated carbocycles. The second-order valence-corrected chi connectivity index (χ2v) is 4.48. The number of rotatable bonds is 4. The minimum Gasteiger partial charge on any atom is -0.508 e. The van der Waals surface area contributed by atoms with Crippen molar-refractivity contribution >= 4 is 22.2 Å². The van der Waals surface area contributed by atoms with Gasteiger partial charge in [-0.1, -0.05) is 23.7 Å². The highest BCUT2D eigenvalue weighted by atomic mass is 32.1. The van der Waals surface area contributed by atoms with Crippen molar-refractivity contribution in [2.24, 2.45) is 0 Å². The molecular weight excluding hydrogens is 250 g/mol. The lowest BCUT2D eigenvalue weighted by atomic mass is 10.1. The van der Waals surface area contributed by atoms with E-state index in [2.05, 4.69) is 14.5 Å². The Kier molecular flexibility index (Phi) is 3.65. The Morgan fingerprint density at radius 1 is 1.39 bits per heavy atom. The fraction of sp³-hybridized carbons (Fsp3) is 0.167. The Balaban J connectivity index is 1.95. The Hall–Kier alpha value is -2.26. The zero-order valence-electron chi connectivity index (χ0n) is 9.43. The lowest BCUT2D eigenvalue weighted by Gasteiger charge is -2.04. The van der Waals surface area contributed by atoms with Gasteiger partial charge in [-0.25, -0.2) is 4.85 Å². The summed E-state index contributed by atoms with van der Waals surface area (Å²) >= 11 is 1.14. The quantitative estimate of drug-likeness (QED) is 0.740. The Bertz CT molecular complexity index is 622. The van der Waals surface area contributed by atoms with Gasteiger partial charge >= 0.3 is 0 Å². The summed E-state index contributed by atoms with van der Waals surface area (Å²) in [6.07, 6.45) is 0.754. The highest BCUT2D eigenvalue weighted by Gasteiger charge is 2.09. The van der Waals surface area contributed by atoms with Gasteiger partial charge in [0, 0.05) is 6.54 Å². The fourth-order valence-electron chi connectivity index (χ4n) is 1.50. The number of hydrogen-bond donors (Lipinski definition) is 3. The van der Waals surface area contributed by atoms with Crippen LogP contribution < -0.4 is 10.9 Å². The minimum atomic E-state index is -0.345. The van der Waals surface area contributed by atoms with Crippen molar-refractivity contribution in [1.29, 1.82) is 0 Å². The van der Waals surface area contributed by atoms with Gasteiger partial charge in [0.2, 0.25) is 0 Å². The third kappa shape index (κ3) is 2.70. The number of aromatic amines is 1. The molecule has 0 saturated heterocycles. The van der Waals surface area contributed by atoms with Crippen LogP contribution in [0.4, 0.5) is 10.7 Å². The molecule has 0 fully saturated rings. The van der Waals surface area contributed by atoms with Gasteiger partial charge in [0.05, 0.1) is 6.57 Å². The molecule has 2 aromatic rings. The van der Waals surface area contributed by atoms with Crippen LogP contribution in [0.5, 0.6) is 5.75 Å². The van der Waals surface area contributed by atoms with E-state index in [-0.39, 0.29) is 17.0 Å². The van der Waals surface area contributed by atoms with E-state index in [1.54, 1.807) is 12.1 Å². The molecule has 6 heteroatoms. The number of hydrogen-bond acceptors (Lipinski definition) is 4. The summed E-state index contributed by atoms with van der Waals surface area (Å²) in [5.74, 6) is 0.242. The van der Waals surface area contributed by atoms with Gasteiger partial charge in [-0.15, -0.1) is 0 Å². The summed E-state index contributed by atoms with van der Waals surface area (Å²) in [4.78, 5) is 14.4. The van der Waals surface area contributed by atoms with Crippen LogP contribution >= 0.6 is 11.5 Å². The van der Waals surface area contributed by atoms with Crippen molar-refractivity contribution in [2.75, 3.05) is 11.9 Å². The molecule has 92 valence electrons. The second-order valence-electron chi connectivity index (χ2n) is 3.67. The van der Waals surface area contributed by atoms with E-state index in [0.717, 1.165) is 23.5 Å². The van der Waals surface area contributed by atoms with Crippen molar-refractivity contribution in [2.45, 2.75) is 6.42 Å². The number of anilines is 1. The standard InChI is InChI=1S/C12H11N3O2S/c1-13-10-11(17)15-18-12(10)14-7-6-8-2-4-9(16)5-3-8/h2-5,14,16H,6-7H2,(H,15,17). The van der Waals surface area contributed by atoms with Gasteiger partial charge in [0.15, 0.2) is 0 Å². The lowest BCUT2D eigenvalue weighted by molar-refractivity contribution is 0.475. The number of nitrogens with zero attached hydrogens (tertiary/aromatic N) is 1. The smallest absolute Gasteiger partial charge is 0.284 e. The van der Waals surface area contributed by atoms with Crippen LogP contribution in [0.15, 0.2) is 29.1 Å². The number of aromatic hydroxyl groups is 1. The first-order valence-electron chi connectivity index (χ1n) is 5.31. The molecule has 1 heterocycles. The monoisotopic (exact) mass is 261 g/mol. The molecule has 2 rings (SSSR count). The van der Waals surface area contributed by atoms with Crippen molar-refractivity contribution in [3.8, 4) is 5.75 Å². The van der Waals surface area contributed by atoms with Gasteiger partial charge in [-0.2, -0.15) is 0 Å². The van der Waals surface area contributed by atoms with Crippen molar-refractivity contribution in [3.63, 3.8) is 0 Å². The van der Waals surface area contributed by atoms with Crippen molar-refractivity contribution < 1.29 is 5.11 Å². The zero-order chi connectivity index (χ0) is 13.0. The number of benzene rings is 1. The van der Waals surface area contributed by atoms with E-state index in [0.29, 0.717) is 11.5 Å². The normalized spacial score (nSPS) is 9.94. The highest BCUT2D eigenvalue weighted by molar-refractivity contribution is 7.10. The van der Waals surface area contributed by atoms with Crippen LogP contribution in [0, 0.1) is 6.57 Å². The third-order valence-corrected chi connectivity index (χ3v) is 3.25. The predicted molar refractivity (Wildman–Crippen MR) is 71.5 cm³/mol. The highest BCUT2D eigenvalue weighted by Crippen LogP contribution is 2.24. The molecule has 5 nitrogen and oxygen atoms in total. The first-order chi connectivity index (χ1) is 8.70. The molecule has 0 bridgehead atoms. The maximum absolute atomic E-state index is 11.2. The van der Waals surface area contributed by atoms with Gasteiger partial charge in [0.25, 0.3) is 11.2 Å². The SMILES string of the molecule is [C-]#[N+]c1c(NCCc2ccc(O)cc2)s[nH]c1=O. The fourth-order valence-corrected chi connectivity index (χ4v) is 2.20. The third-order valence-electron chi connectivity index (χ3n) is 2.42. The second kappa shape index (κ2) is 5.38. The summed E-state index contributed by atoms with van der Waals surface area (Å²) < 4.78 is 2.52. The molecular formula is C12H11N3O2S. The van der Waals surface area contributed by atoms with Crippen LogP contribution in [0.1, 0.15) is 5.56 Å². The van der Waals surface area contributed by atoms with E-state index in [1.807, 2.05) is 12.1 Å². The van der Waals surface area contributed by atoms with Crippen molar-refractivity contribution in [3.05, 3.63) is 51.6 Å². The number of phenolic OH excluding ortho intramolecular Hbond substituents is 1. The predicted octanol–water partition coefficient (Wildman–Crippen LogP) is 2.35. The van der Waals surface area contributed by atoms with Gasteiger partial charge in [-0.05, 0) is 24.1 Å². The molecule has 0 spiro atoms. The summed E-state index contributed by atoms with van der Waals surface area (Å²) in [5.41, 5.74) is 0.848. The molecule has 0 amide bonds. The Morgan fingerprint density at radius 3 is 2.78 bits per heavy atom. The number of aromatic nitrogens is 1. The Morgan fingerprint density at radius 2 is 2.11 bits per heavy atom. The molecule has 0 aliphatic carbocycles.